The predicted octanol–water partition coefficient (Wildman–Crippen LogP) is 6.12. The monoisotopic (exact) mass is 464 g/mol. The number of hydrogen-bond acceptors (Lipinski definition) is 6. The number of benzene rings is 1. The van der Waals surface area contributed by atoms with Crippen molar-refractivity contribution in [3.05, 3.63) is 66.1 Å². The van der Waals surface area contributed by atoms with Crippen molar-refractivity contribution in [1.29, 1.82) is 5.26 Å². The summed E-state index contributed by atoms with van der Waals surface area (Å²) >= 11 is 0. The van der Waals surface area contributed by atoms with E-state index in [0.29, 0.717) is 29.4 Å². The number of ether oxygens (including phenoxy) is 1. The van der Waals surface area contributed by atoms with Gasteiger partial charge in [-0.15, -0.1) is 0 Å². The zero-order valence-electron chi connectivity index (χ0n) is 19.8. The van der Waals surface area contributed by atoms with Crippen LogP contribution < -0.4 is 5.32 Å². The van der Waals surface area contributed by atoms with Gasteiger partial charge in [-0.1, -0.05) is 6.07 Å². The topological polar surface area (TPSA) is 88.6 Å². The molecule has 0 saturated heterocycles. The Kier molecular flexibility index (Phi) is 5.67. The van der Waals surface area contributed by atoms with E-state index >= 15 is 0 Å². The number of fused-ring (bicyclic) bond motifs is 1. The van der Waals surface area contributed by atoms with E-state index < -0.39 is 0 Å². The van der Waals surface area contributed by atoms with Crippen LogP contribution in [0.25, 0.3) is 22.3 Å². The lowest BCUT2D eigenvalue weighted by Gasteiger charge is -2.28. The van der Waals surface area contributed by atoms with E-state index in [4.69, 9.17) is 9.72 Å². The van der Waals surface area contributed by atoms with Gasteiger partial charge < -0.3 is 14.6 Å². The Morgan fingerprint density at radius 3 is 2.60 bits per heavy atom. The molecule has 2 aliphatic rings. The smallest absolute Gasteiger partial charge is 0.132 e. The average Bonchev–Trinajstić information content (AvgIpc) is 3.68. The number of imidazole rings is 1. The van der Waals surface area contributed by atoms with Crippen LogP contribution in [0.5, 0.6) is 0 Å². The van der Waals surface area contributed by atoms with Crippen LogP contribution in [-0.4, -0.2) is 32.7 Å². The van der Waals surface area contributed by atoms with Gasteiger partial charge in [0.15, 0.2) is 0 Å². The number of nitriles is 1. The highest BCUT2D eigenvalue weighted by Crippen LogP contribution is 2.42. The second-order valence-electron chi connectivity index (χ2n) is 9.63. The van der Waals surface area contributed by atoms with Crippen LogP contribution in [0.3, 0.4) is 0 Å². The van der Waals surface area contributed by atoms with Crippen molar-refractivity contribution >= 4 is 22.7 Å². The summed E-state index contributed by atoms with van der Waals surface area (Å²) in [5.74, 6) is 1.95. The van der Waals surface area contributed by atoms with Crippen LogP contribution in [0.15, 0.2) is 55.0 Å². The normalized spacial score (nSPS) is 20.0. The summed E-state index contributed by atoms with van der Waals surface area (Å²) in [6.45, 7) is 0. The maximum Gasteiger partial charge on any atom is 0.132 e. The van der Waals surface area contributed by atoms with Gasteiger partial charge in [-0.2, -0.15) is 5.26 Å². The van der Waals surface area contributed by atoms with E-state index in [1.54, 1.807) is 18.3 Å². The van der Waals surface area contributed by atoms with Crippen molar-refractivity contribution in [2.75, 3.05) is 12.4 Å². The molecule has 0 spiro atoms. The Morgan fingerprint density at radius 1 is 0.971 bits per heavy atom. The zero-order valence-corrected chi connectivity index (χ0v) is 19.8. The van der Waals surface area contributed by atoms with Gasteiger partial charge in [0.2, 0.25) is 0 Å². The van der Waals surface area contributed by atoms with Crippen molar-refractivity contribution < 1.29 is 4.74 Å². The van der Waals surface area contributed by atoms with E-state index in [1.807, 2.05) is 13.4 Å². The highest BCUT2D eigenvalue weighted by molar-refractivity contribution is 5.82. The van der Waals surface area contributed by atoms with E-state index in [1.165, 1.54) is 18.4 Å². The summed E-state index contributed by atoms with van der Waals surface area (Å²) in [6.07, 6.45) is 10.8. The number of methoxy groups -OCH3 is 1. The fraction of sp³-hybridized carbons (Fsp3) is 0.357. The Bertz CT molecular complexity index is 1410. The number of nitrogens with one attached hydrogen (secondary N) is 1. The molecular formula is C28H28N6O. The Balaban J connectivity index is 1.35. The first kappa shape index (κ1) is 21.8. The number of pyridine rings is 2. The number of rotatable bonds is 6. The number of aromatic nitrogens is 4. The summed E-state index contributed by atoms with van der Waals surface area (Å²) in [7, 11) is 1.81. The second-order valence-corrected chi connectivity index (χ2v) is 9.63. The molecule has 35 heavy (non-hydrogen) atoms. The maximum atomic E-state index is 9.22. The molecule has 0 amide bonds. The summed E-state index contributed by atoms with van der Waals surface area (Å²) in [5.41, 5.74) is 6.04. The summed E-state index contributed by atoms with van der Waals surface area (Å²) in [5, 5.41) is 12.5. The fourth-order valence-corrected chi connectivity index (χ4v) is 5.15. The second kappa shape index (κ2) is 9.12. The van der Waals surface area contributed by atoms with Crippen molar-refractivity contribution in [3.63, 3.8) is 0 Å². The number of hydrogen-bond donors (Lipinski definition) is 1. The van der Waals surface area contributed by atoms with Gasteiger partial charge in [-0.05, 0) is 86.4 Å². The minimum absolute atomic E-state index is 0.375. The molecular weight excluding hydrogens is 436 g/mol. The molecule has 1 aromatic carbocycles. The first-order valence-corrected chi connectivity index (χ1v) is 12.3. The van der Waals surface area contributed by atoms with Crippen molar-refractivity contribution in [2.45, 2.75) is 56.6 Å². The van der Waals surface area contributed by atoms with E-state index in [0.717, 1.165) is 53.8 Å². The van der Waals surface area contributed by atoms with Crippen molar-refractivity contribution in [1.82, 2.24) is 19.5 Å². The Morgan fingerprint density at radius 2 is 1.83 bits per heavy atom. The molecule has 2 fully saturated rings. The first-order chi connectivity index (χ1) is 17.2. The SMILES string of the molecule is CO[C@H]1CC[C@H](n2cnc3ccc(-c4cc(C5CC5)cc(Nc5cc(C#N)ccn5)n4)cc32)CC1. The van der Waals surface area contributed by atoms with Crippen LogP contribution in [0.4, 0.5) is 11.6 Å². The van der Waals surface area contributed by atoms with Gasteiger partial charge in [-0.3, -0.25) is 0 Å². The molecule has 0 bridgehead atoms. The molecule has 7 nitrogen and oxygen atoms in total. The fourth-order valence-electron chi connectivity index (χ4n) is 5.15. The highest BCUT2D eigenvalue weighted by atomic mass is 16.5. The third kappa shape index (κ3) is 4.50. The zero-order chi connectivity index (χ0) is 23.8. The summed E-state index contributed by atoms with van der Waals surface area (Å²) in [4.78, 5) is 14.0. The predicted molar refractivity (Wildman–Crippen MR) is 135 cm³/mol. The van der Waals surface area contributed by atoms with Crippen LogP contribution in [0, 0.1) is 11.3 Å². The van der Waals surface area contributed by atoms with Gasteiger partial charge in [0.1, 0.15) is 11.6 Å². The first-order valence-electron chi connectivity index (χ1n) is 12.3. The molecule has 0 atom stereocenters. The summed E-state index contributed by atoms with van der Waals surface area (Å²) < 4.78 is 7.90. The Hall–Kier alpha value is -3.76. The third-order valence-corrected chi connectivity index (χ3v) is 7.28. The lowest BCUT2D eigenvalue weighted by molar-refractivity contribution is 0.0589. The minimum atomic E-state index is 0.375. The van der Waals surface area contributed by atoms with Gasteiger partial charge in [-0.25, -0.2) is 15.0 Å². The van der Waals surface area contributed by atoms with Crippen LogP contribution in [-0.2, 0) is 4.74 Å². The van der Waals surface area contributed by atoms with E-state index in [9.17, 15) is 5.26 Å². The van der Waals surface area contributed by atoms with E-state index in [2.05, 4.69) is 56.3 Å². The molecule has 3 heterocycles. The lowest BCUT2D eigenvalue weighted by Crippen LogP contribution is -2.22. The average molecular weight is 465 g/mol. The highest BCUT2D eigenvalue weighted by Gasteiger charge is 2.26. The quantitative estimate of drug-likeness (QED) is 0.370. The molecule has 0 unspecified atom stereocenters. The van der Waals surface area contributed by atoms with Crippen molar-refractivity contribution in [3.8, 4) is 17.3 Å². The minimum Gasteiger partial charge on any atom is -0.381 e. The maximum absolute atomic E-state index is 9.22. The lowest BCUT2D eigenvalue weighted by atomic mass is 9.92. The molecule has 0 radical (unpaired) electrons. The molecule has 7 heteroatoms. The van der Waals surface area contributed by atoms with Crippen molar-refractivity contribution in [2.24, 2.45) is 0 Å². The van der Waals surface area contributed by atoms with Gasteiger partial charge in [0, 0.05) is 24.9 Å². The van der Waals surface area contributed by atoms with Crippen LogP contribution in [0.2, 0.25) is 0 Å². The molecule has 3 aromatic heterocycles. The van der Waals surface area contributed by atoms with Gasteiger partial charge in [0.25, 0.3) is 0 Å². The third-order valence-electron chi connectivity index (χ3n) is 7.28. The van der Waals surface area contributed by atoms with Crippen LogP contribution >= 0.6 is 0 Å². The standard InChI is InChI=1S/C28H28N6O/c1-35-23-7-5-22(6-8-23)34-17-31-24-9-4-20(14-26(24)34)25-13-21(19-2-3-19)15-28(32-25)33-27-12-18(16-29)10-11-30-27/h4,9-15,17,19,22-23H,2-3,5-8H2,1H3,(H,30,32,33)/t22-,23-. The molecule has 6 rings (SSSR count). The van der Waals surface area contributed by atoms with Gasteiger partial charge >= 0.3 is 0 Å². The number of anilines is 2. The molecule has 176 valence electrons. The largest absolute Gasteiger partial charge is 0.381 e. The molecule has 2 saturated carbocycles. The molecule has 1 N–H and O–H groups in total. The van der Waals surface area contributed by atoms with Crippen LogP contribution in [0.1, 0.15) is 61.6 Å². The van der Waals surface area contributed by atoms with Gasteiger partial charge in [0.05, 0.1) is 40.8 Å². The molecule has 4 aromatic rings. The molecule has 2 aliphatic carbocycles. The van der Waals surface area contributed by atoms with E-state index in [-0.39, 0.29) is 0 Å². The summed E-state index contributed by atoms with van der Waals surface area (Å²) in [6, 6.07) is 16.8. The molecule has 0 aliphatic heterocycles. The Labute approximate surface area is 204 Å². The number of nitrogens with zero attached hydrogens (tertiary/aromatic N) is 5.